The van der Waals surface area contributed by atoms with Gasteiger partial charge in [-0.15, -0.1) is 0 Å². The predicted molar refractivity (Wildman–Crippen MR) is 49.4 cm³/mol. The van der Waals surface area contributed by atoms with Gasteiger partial charge in [0.25, 0.3) is 0 Å². The fourth-order valence-electron chi connectivity index (χ4n) is 1.95. The van der Waals surface area contributed by atoms with Gasteiger partial charge in [-0.25, -0.2) is 4.79 Å². The van der Waals surface area contributed by atoms with Crippen LogP contribution < -0.4 is 0 Å². The highest BCUT2D eigenvalue weighted by molar-refractivity contribution is 5.80. The molecule has 0 spiro atoms. The first-order chi connectivity index (χ1) is 6.11. The van der Waals surface area contributed by atoms with Gasteiger partial charge < -0.3 is 10.2 Å². The minimum atomic E-state index is -0.900. The Balaban J connectivity index is 2.72. The normalized spacial score (nSPS) is 28.8. The summed E-state index contributed by atoms with van der Waals surface area (Å²) in [5.41, 5.74) is 0.897. The molecule has 2 atom stereocenters. The lowest BCUT2D eigenvalue weighted by Crippen LogP contribution is -2.22. The largest absolute Gasteiger partial charge is 0.478 e. The Kier molecular flexibility index (Phi) is 3.48. The molecule has 3 heteroatoms. The van der Waals surface area contributed by atoms with Crippen LogP contribution in [0.3, 0.4) is 0 Å². The van der Waals surface area contributed by atoms with E-state index >= 15 is 0 Å². The molecule has 1 fully saturated rings. The molecule has 1 saturated carbocycles. The van der Waals surface area contributed by atoms with Crippen LogP contribution in [0.1, 0.15) is 32.6 Å². The second kappa shape index (κ2) is 4.42. The average Bonchev–Trinajstić information content (AvgIpc) is 2.03. The molecule has 2 N–H and O–H groups in total. The zero-order chi connectivity index (χ0) is 9.84. The van der Waals surface area contributed by atoms with E-state index in [9.17, 15) is 9.90 Å². The maximum atomic E-state index is 10.5. The predicted octanol–water partition coefficient (Wildman–Crippen LogP) is 1.57. The maximum Gasteiger partial charge on any atom is 0.328 e. The first-order valence-electron chi connectivity index (χ1n) is 4.72. The van der Waals surface area contributed by atoms with Gasteiger partial charge >= 0.3 is 5.97 Å². The molecule has 0 heterocycles. The molecular formula is C10H16O3. The van der Waals surface area contributed by atoms with Crippen molar-refractivity contribution >= 4 is 5.97 Å². The van der Waals surface area contributed by atoms with Crippen molar-refractivity contribution in [3.63, 3.8) is 0 Å². The molecule has 13 heavy (non-hydrogen) atoms. The van der Waals surface area contributed by atoms with Gasteiger partial charge in [0.05, 0.1) is 6.10 Å². The SMILES string of the molecule is CC(O)C1CCCCC1=CC(=O)O. The third-order valence-electron chi connectivity index (χ3n) is 2.60. The minimum absolute atomic E-state index is 0.0600. The van der Waals surface area contributed by atoms with Crippen LogP contribution in [-0.2, 0) is 4.79 Å². The third kappa shape index (κ3) is 2.84. The summed E-state index contributed by atoms with van der Waals surface area (Å²) in [6.45, 7) is 1.73. The standard InChI is InChI=1S/C10H16O3/c1-7(11)9-5-3-2-4-8(9)6-10(12)13/h6-7,9,11H,2-5H2,1H3,(H,12,13). The van der Waals surface area contributed by atoms with E-state index in [1.807, 2.05) is 0 Å². The molecule has 0 saturated heterocycles. The second-order valence-electron chi connectivity index (χ2n) is 3.65. The van der Waals surface area contributed by atoms with E-state index in [0.29, 0.717) is 0 Å². The Bertz CT molecular complexity index is 218. The van der Waals surface area contributed by atoms with Crippen molar-refractivity contribution in [1.29, 1.82) is 0 Å². The van der Waals surface area contributed by atoms with Gasteiger partial charge in [-0.2, -0.15) is 0 Å². The molecule has 74 valence electrons. The number of hydrogen-bond acceptors (Lipinski definition) is 2. The molecule has 3 nitrogen and oxygen atoms in total. The highest BCUT2D eigenvalue weighted by Gasteiger charge is 2.23. The molecular weight excluding hydrogens is 168 g/mol. The summed E-state index contributed by atoms with van der Waals surface area (Å²) in [7, 11) is 0. The minimum Gasteiger partial charge on any atom is -0.478 e. The van der Waals surface area contributed by atoms with Crippen LogP contribution in [0.5, 0.6) is 0 Å². The molecule has 1 rings (SSSR count). The number of aliphatic hydroxyl groups is 1. The van der Waals surface area contributed by atoms with Gasteiger partial charge in [0, 0.05) is 12.0 Å². The van der Waals surface area contributed by atoms with Crippen LogP contribution in [-0.4, -0.2) is 22.3 Å². The van der Waals surface area contributed by atoms with Crippen molar-refractivity contribution in [2.75, 3.05) is 0 Å². The second-order valence-corrected chi connectivity index (χ2v) is 3.65. The smallest absolute Gasteiger partial charge is 0.328 e. The zero-order valence-corrected chi connectivity index (χ0v) is 7.86. The molecule has 0 aromatic rings. The molecule has 0 aromatic carbocycles. The molecule has 0 radical (unpaired) electrons. The molecule has 0 bridgehead atoms. The van der Waals surface area contributed by atoms with Crippen LogP contribution in [0.25, 0.3) is 0 Å². The van der Waals surface area contributed by atoms with Crippen molar-refractivity contribution in [2.24, 2.45) is 5.92 Å². The fraction of sp³-hybridized carbons (Fsp3) is 0.700. The first kappa shape index (κ1) is 10.3. The monoisotopic (exact) mass is 184 g/mol. The summed E-state index contributed by atoms with van der Waals surface area (Å²) in [6, 6.07) is 0. The Morgan fingerprint density at radius 2 is 2.31 bits per heavy atom. The van der Waals surface area contributed by atoms with Gasteiger partial charge in [0.1, 0.15) is 0 Å². The summed E-state index contributed by atoms with van der Waals surface area (Å²) in [6.07, 6.45) is 4.70. The van der Waals surface area contributed by atoms with E-state index in [0.717, 1.165) is 31.3 Å². The first-order valence-corrected chi connectivity index (χ1v) is 4.72. The van der Waals surface area contributed by atoms with Gasteiger partial charge in [-0.3, -0.25) is 0 Å². The fourth-order valence-corrected chi connectivity index (χ4v) is 1.95. The molecule has 0 aliphatic heterocycles. The lowest BCUT2D eigenvalue weighted by Gasteiger charge is -2.27. The number of carbonyl (C=O) groups is 1. The van der Waals surface area contributed by atoms with Crippen LogP contribution in [0.4, 0.5) is 0 Å². The Hall–Kier alpha value is -0.830. The van der Waals surface area contributed by atoms with E-state index in [1.165, 1.54) is 6.08 Å². The van der Waals surface area contributed by atoms with E-state index in [1.54, 1.807) is 6.92 Å². The van der Waals surface area contributed by atoms with E-state index < -0.39 is 12.1 Å². The van der Waals surface area contributed by atoms with Crippen molar-refractivity contribution in [3.8, 4) is 0 Å². The average molecular weight is 184 g/mol. The quantitative estimate of drug-likeness (QED) is 0.640. The molecule has 1 aliphatic rings. The van der Waals surface area contributed by atoms with E-state index in [2.05, 4.69) is 0 Å². The number of aliphatic carboxylic acids is 1. The van der Waals surface area contributed by atoms with E-state index in [-0.39, 0.29) is 5.92 Å². The Morgan fingerprint density at radius 3 is 2.85 bits per heavy atom. The van der Waals surface area contributed by atoms with Crippen LogP contribution >= 0.6 is 0 Å². The molecule has 1 aliphatic carbocycles. The van der Waals surface area contributed by atoms with Crippen LogP contribution in [0.2, 0.25) is 0 Å². The van der Waals surface area contributed by atoms with Gasteiger partial charge in [0.15, 0.2) is 0 Å². The van der Waals surface area contributed by atoms with Crippen LogP contribution in [0.15, 0.2) is 11.6 Å². The summed E-state index contributed by atoms with van der Waals surface area (Å²) < 4.78 is 0. The third-order valence-corrected chi connectivity index (χ3v) is 2.60. The maximum absolute atomic E-state index is 10.5. The van der Waals surface area contributed by atoms with Crippen molar-refractivity contribution < 1.29 is 15.0 Å². The number of carboxylic acid groups (broad SMARTS) is 1. The molecule has 0 amide bonds. The van der Waals surface area contributed by atoms with Gasteiger partial charge in [-0.1, -0.05) is 12.0 Å². The Labute approximate surface area is 78.1 Å². The highest BCUT2D eigenvalue weighted by atomic mass is 16.4. The zero-order valence-electron chi connectivity index (χ0n) is 7.86. The van der Waals surface area contributed by atoms with Gasteiger partial charge in [-0.05, 0) is 26.2 Å². The number of hydrogen-bond donors (Lipinski definition) is 2. The topological polar surface area (TPSA) is 57.5 Å². The summed E-state index contributed by atoms with van der Waals surface area (Å²) in [4.78, 5) is 10.5. The lowest BCUT2D eigenvalue weighted by molar-refractivity contribution is -0.131. The van der Waals surface area contributed by atoms with Crippen molar-refractivity contribution in [1.82, 2.24) is 0 Å². The number of rotatable bonds is 2. The summed E-state index contributed by atoms with van der Waals surface area (Å²) in [5, 5.41) is 18.0. The van der Waals surface area contributed by atoms with Gasteiger partial charge in [0.2, 0.25) is 0 Å². The van der Waals surface area contributed by atoms with E-state index in [4.69, 9.17) is 5.11 Å². The summed E-state index contributed by atoms with van der Waals surface area (Å²) >= 11 is 0. The Morgan fingerprint density at radius 1 is 1.62 bits per heavy atom. The molecule has 2 unspecified atom stereocenters. The lowest BCUT2D eigenvalue weighted by atomic mass is 9.81. The number of aliphatic hydroxyl groups excluding tert-OH is 1. The van der Waals surface area contributed by atoms with Crippen LogP contribution in [0, 0.1) is 5.92 Å². The highest BCUT2D eigenvalue weighted by Crippen LogP contribution is 2.31. The number of carboxylic acids is 1. The van der Waals surface area contributed by atoms with Crippen molar-refractivity contribution in [3.05, 3.63) is 11.6 Å². The molecule has 0 aromatic heterocycles. The van der Waals surface area contributed by atoms with Crippen molar-refractivity contribution in [2.45, 2.75) is 38.7 Å². The summed E-state index contributed by atoms with van der Waals surface area (Å²) in [5.74, 6) is -0.840.